The summed E-state index contributed by atoms with van der Waals surface area (Å²) in [6.07, 6.45) is 3.87. The lowest BCUT2D eigenvalue weighted by molar-refractivity contribution is 0.209. The number of hydrogen-bond donors (Lipinski definition) is 1. The molecule has 1 atom stereocenters. The van der Waals surface area contributed by atoms with E-state index in [-0.39, 0.29) is 0 Å². The van der Waals surface area contributed by atoms with Crippen molar-refractivity contribution in [3.05, 3.63) is 29.8 Å². The molecule has 1 heterocycles. The molecular weight excluding hydrogens is 184 g/mol. The van der Waals surface area contributed by atoms with Gasteiger partial charge in [-0.2, -0.15) is 0 Å². The molecule has 15 heavy (non-hydrogen) atoms. The summed E-state index contributed by atoms with van der Waals surface area (Å²) in [5, 5.41) is 0. The van der Waals surface area contributed by atoms with Crippen LogP contribution in [0.1, 0.15) is 18.4 Å². The van der Waals surface area contributed by atoms with E-state index < -0.39 is 0 Å². The molecular formula is C13H20N2. The van der Waals surface area contributed by atoms with Gasteiger partial charge in [-0.1, -0.05) is 12.1 Å². The van der Waals surface area contributed by atoms with Gasteiger partial charge in [0.05, 0.1) is 0 Å². The molecule has 82 valence electrons. The van der Waals surface area contributed by atoms with Crippen LogP contribution in [-0.2, 0) is 6.42 Å². The Morgan fingerprint density at radius 1 is 1.47 bits per heavy atom. The first-order valence-electron chi connectivity index (χ1n) is 5.77. The second-order valence-corrected chi connectivity index (χ2v) is 4.72. The fraction of sp³-hybridized carbons (Fsp3) is 0.538. The average Bonchev–Trinajstić information content (AvgIpc) is 2.17. The van der Waals surface area contributed by atoms with Gasteiger partial charge in [-0.05, 0) is 56.5 Å². The van der Waals surface area contributed by atoms with Gasteiger partial charge in [0.2, 0.25) is 0 Å². The first-order valence-corrected chi connectivity index (χ1v) is 5.77. The van der Waals surface area contributed by atoms with Gasteiger partial charge in [0.25, 0.3) is 0 Å². The van der Waals surface area contributed by atoms with Crippen LogP contribution in [0.4, 0.5) is 5.69 Å². The van der Waals surface area contributed by atoms with E-state index in [4.69, 9.17) is 5.73 Å². The third-order valence-electron chi connectivity index (χ3n) is 3.20. The standard InChI is InChI=1S/C13H20N2/c1-15-7-3-5-12(10-15)8-11-4-2-6-13(14)9-11/h2,4,6,9,12H,3,5,7-8,10,14H2,1H3. The second kappa shape index (κ2) is 4.67. The summed E-state index contributed by atoms with van der Waals surface area (Å²) >= 11 is 0. The summed E-state index contributed by atoms with van der Waals surface area (Å²) in [6.45, 7) is 2.49. The molecule has 1 unspecified atom stereocenters. The zero-order valence-corrected chi connectivity index (χ0v) is 9.45. The minimum absolute atomic E-state index is 0.811. The molecule has 1 saturated heterocycles. The molecule has 1 fully saturated rings. The molecule has 0 amide bonds. The Balaban J connectivity index is 1.96. The van der Waals surface area contributed by atoms with Crippen molar-refractivity contribution in [2.45, 2.75) is 19.3 Å². The average molecular weight is 204 g/mol. The van der Waals surface area contributed by atoms with E-state index in [1.165, 1.54) is 37.9 Å². The van der Waals surface area contributed by atoms with Crippen molar-refractivity contribution in [1.82, 2.24) is 4.90 Å². The van der Waals surface area contributed by atoms with E-state index in [1.807, 2.05) is 6.07 Å². The molecule has 0 radical (unpaired) electrons. The lowest BCUT2D eigenvalue weighted by atomic mass is 9.91. The molecule has 0 aliphatic carbocycles. The lowest BCUT2D eigenvalue weighted by Gasteiger charge is -2.29. The van der Waals surface area contributed by atoms with Crippen LogP contribution in [0.15, 0.2) is 24.3 Å². The number of piperidine rings is 1. The maximum Gasteiger partial charge on any atom is 0.0316 e. The van der Waals surface area contributed by atoms with Gasteiger partial charge in [-0.3, -0.25) is 0 Å². The van der Waals surface area contributed by atoms with Crippen molar-refractivity contribution >= 4 is 5.69 Å². The van der Waals surface area contributed by atoms with Crippen LogP contribution in [0.5, 0.6) is 0 Å². The molecule has 0 aromatic heterocycles. The van der Waals surface area contributed by atoms with Crippen molar-refractivity contribution in [2.24, 2.45) is 5.92 Å². The van der Waals surface area contributed by atoms with E-state index in [9.17, 15) is 0 Å². The highest BCUT2D eigenvalue weighted by Gasteiger charge is 2.17. The van der Waals surface area contributed by atoms with E-state index in [1.54, 1.807) is 0 Å². The summed E-state index contributed by atoms with van der Waals surface area (Å²) in [6, 6.07) is 8.30. The van der Waals surface area contributed by atoms with Gasteiger partial charge >= 0.3 is 0 Å². The first-order chi connectivity index (χ1) is 7.24. The van der Waals surface area contributed by atoms with E-state index >= 15 is 0 Å². The van der Waals surface area contributed by atoms with E-state index in [2.05, 4.69) is 30.1 Å². The zero-order chi connectivity index (χ0) is 10.7. The maximum absolute atomic E-state index is 5.78. The monoisotopic (exact) mass is 204 g/mol. The SMILES string of the molecule is CN1CCCC(Cc2cccc(N)c2)C1. The molecule has 2 heteroatoms. The number of nitrogens with two attached hydrogens (primary N) is 1. The fourth-order valence-corrected chi connectivity index (χ4v) is 2.49. The van der Waals surface area contributed by atoms with Crippen molar-refractivity contribution in [1.29, 1.82) is 0 Å². The summed E-state index contributed by atoms with van der Waals surface area (Å²) in [5.41, 5.74) is 8.05. The topological polar surface area (TPSA) is 29.3 Å². The van der Waals surface area contributed by atoms with Gasteiger partial charge < -0.3 is 10.6 Å². The fourth-order valence-electron chi connectivity index (χ4n) is 2.49. The van der Waals surface area contributed by atoms with E-state index in [0.717, 1.165) is 11.6 Å². The Kier molecular flexibility index (Phi) is 3.27. The maximum atomic E-state index is 5.78. The van der Waals surface area contributed by atoms with Gasteiger partial charge in [0.1, 0.15) is 0 Å². The molecule has 2 N–H and O–H groups in total. The van der Waals surface area contributed by atoms with Gasteiger partial charge in [-0.25, -0.2) is 0 Å². The molecule has 1 aliphatic rings. The Hall–Kier alpha value is -1.02. The largest absolute Gasteiger partial charge is 0.399 e. The normalized spacial score (nSPS) is 22.9. The Bertz CT molecular complexity index is 322. The van der Waals surface area contributed by atoms with Gasteiger partial charge in [-0.15, -0.1) is 0 Å². The number of nitrogen functional groups attached to an aromatic ring is 1. The third-order valence-corrected chi connectivity index (χ3v) is 3.20. The molecule has 0 bridgehead atoms. The summed E-state index contributed by atoms with van der Waals surface area (Å²) in [4.78, 5) is 2.43. The Labute approximate surface area is 92.1 Å². The van der Waals surface area contributed by atoms with Crippen LogP contribution < -0.4 is 5.73 Å². The number of hydrogen-bond acceptors (Lipinski definition) is 2. The van der Waals surface area contributed by atoms with Gasteiger partial charge in [0, 0.05) is 12.2 Å². The van der Waals surface area contributed by atoms with Gasteiger partial charge in [0.15, 0.2) is 0 Å². The van der Waals surface area contributed by atoms with E-state index in [0.29, 0.717) is 0 Å². The minimum Gasteiger partial charge on any atom is -0.399 e. The van der Waals surface area contributed by atoms with Crippen molar-refractivity contribution in [3.8, 4) is 0 Å². The van der Waals surface area contributed by atoms with Crippen LogP contribution in [0.25, 0.3) is 0 Å². The van der Waals surface area contributed by atoms with Crippen molar-refractivity contribution < 1.29 is 0 Å². The second-order valence-electron chi connectivity index (χ2n) is 4.72. The Morgan fingerprint density at radius 2 is 2.33 bits per heavy atom. The molecule has 0 saturated carbocycles. The summed E-state index contributed by atoms with van der Waals surface area (Å²) < 4.78 is 0. The quantitative estimate of drug-likeness (QED) is 0.748. The lowest BCUT2D eigenvalue weighted by Crippen LogP contribution is -2.32. The molecule has 2 rings (SSSR count). The van der Waals surface area contributed by atoms with Crippen LogP contribution >= 0.6 is 0 Å². The van der Waals surface area contributed by atoms with Crippen LogP contribution in [0.2, 0.25) is 0 Å². The number of anilines is 1. The highest BCUT2D eigenvalue weighted by molar-refractivity contribution is 5.40. The number of likely N-dealkylation sites (tertiary alicyclic amines) is 1. The van der Waals surface area contributed by atoms with Crippen molar-refractivity contribution in [3.63, 3.8) is 0 Å². The molecule has 1 aromatic carbocycles. The Morgan fingerprint density at radius 3 is 3.07 bits per heavy atom. The number of nitrogens with zero attached hydrogens (tertiary/aromatic N) is 1. The zero-order valence-electron chi connectivity index (χ0n) is 9.45. The number of benzene rings is 1. The number of rotatable bonds is 2. The highest BCUT2D eigenvalue weighted by Crippen LogP contribution is 2.20. The molecule has 1 aliphatic heterocycles. The predicted octanol–water partition coefficient (Wildman–Crippen LogP) is 2.15. The first kappa shape index (κ1) is 10.5. The summed E-state index contributed by atoms with van der Waals surface area (Å²) in [5.74, 6) is 0.811. The molecule has 0 spiro atoms. The van der Waals surface area contributed by atoms with Crippen LogP contribution in [-0.4, -0.2) is 25.0 Å². The minimum atomic E-state index is 0.811. The highest BCUT2D eigenvalue weighted by atomic mass is 15.1. The molecule has 1 aromatic rings. The summed E-state index contributed by atoms with van der Waals surface area (Å²) in [7, 11) is 2.21. The van der Waals surface area contributed by atoms with Crippen LogP contribution in [0, 0.1) is 5.92 Å². The van der Waals surface area contributed by atoms with Crippen LogP contribution in [0.3, 0.4) is 0 Å². The predicted molar refractivity (Wildman–Crippen MR) is 64.8 cm³/mol. The third kappa shape index (κ3) is 2.96. The molecule has 2 nitrogen and oxygen atoms in total. The van der Waals surface area contributed by atoms with Crippen molar-refractivity contribution in [2.75, 3.05) is 25.9 Å². The smallest absolute Gasteiger partial charge is 0.0316 e.